The number of halogens is 2. The average Bonchev–Trinajstić information content (AvgIpc) is 2.56. The Morgan fingerprint density at radius 2 is 1.46 bits per heavy atom. The largest absolute Gasteiger partial charge is 0.445 e. The molecule has 2 aliphatic heterocycles. The molecule has 0 fully saturated rings. The third kappa shape index (κ3) is 23.1. The summed E-state index contributed by atoms with van der Waals surface area (Å²) in [5.41, 5.74) is 17.8. The molecule has 0 spiro atoms. The molecule has 3 heterocycles. The SMILES string of the molecule is CCCN(CCC)C(=O)C1=Cc2ccc(C(=O)Nc3cnc4c(c3)CN(Cc3ccc(C(=O)NCC(F)(F)CNC(=O)OCc5ccc(NC(=O)[C@H](CCCNC(N)=O)CC(=O)[C@@H](NC(=O)CCCCCCC(C)C)C(C)C)cc5)cc3)CC4)cc2N=C(N)C1. The molecule has 6 rings (SSSR count). The number of Topliss-reactive ketones (excluding diaryl/α,β-unsaturated/α-hetero) is 1. The number of nitrogens with one attached hydrogen (secondary N) is 6. The monoisotopic (exact) mass is 1240 g/mol. The number of anilines is 2. The molecular formula is C67H90F2N12O9. The number of pyridine rings is 1. The maximum Gasteiger partial charge on any atom is 0.407 e. The second kappa shape index (κ2) is 35.0. The Balaban J connectivity index is 0.917. The maximum absolute atomic E-state index is 15.0. The molecule has 0 aliphatic carbocycles. The summed E-state index contributed by atoms with van der Waals surface area (Å²) < 4.78 is 35.1. The van der Waals surface area contributed by atoms with Crippen LogP contribution in [0.2, 0.25) is 0 Å². The number of ketones is 1. The van der Waals surface area contributed by atoms with Gasteiger partial charge >= 0.3 is 12.1 Å². The van der Waals surface area contributed by atoms with Crippen LogP contribution < -0.4 is 43.4 Å². The van der Waals surface area contributed by atoms with Crippen molar-refractivity contribution in [1.29, 1.82) is 0 Å². The summed E-state index contributed by atoms with van der Waals surface area (Å²) in [5.74, 6) is -5.79. The number of hydrogen-bond donors (Lipinski definition) is 8. The minimum absolute atomic E-state index is 0.0729. The van der Waals surface area contributed by atoms with E-state index in [2.05, 4.69) is 55.3 Å². The first-order valence-electron chi connectivity index (χ1n) is 31.4. The average molecular weight is 1250 g/mol. The summed E-state index contributed by atoms with van der Waals surface area (Å²) in [7, 11) is 0. The highest BCUT2D eigenvalue weighted by atomic mass is 19.3. The number of benzene rings is 3. The van der Waals surface area contributed by atoms with Gasteiger partial charge in [-0.05, 0) is 109 Å². The van der Waals surface area contributed by atoms with Gasteiger partial charge in [0.15, 0.2) is 5.78 Å². The summed E-state index contributed by atoms with van der Waals surface area (Å²) >= 11 is 0. The zero-order valence-corrected chi connectivity index (χ0v) is 52.8. The van der Waals surface area contributed by atoms with E-state index in [0.29, 0.717) is 104 Å². The number of alkyl halides is 2. The van der Waals surface area contributed by atoms with Gasteiger partial charge in [-0.1, -0.05) is 97.6 Å². The number of rotatable bonds is 34. The third-order valence-electron chi connectivity index (χ3n) is 15.5. The number of fused-ring (bicyclic) bond motifs is 2. The van der Waals surface area contributed by atoms with Crippen LogP contribution in [0.1, 0.15) is 167 Å². The number of urea groups is 1. The van der Waals surface area contributed by atoms with Crippen molar-refractivity contribution in [3.63, 3.8) is 0 Å². The molecule has 10 N–H and O–H groups in total. The predicted molar refractivity (Wildman–Crippen MR) is 344 cm³/mol. The molecule has 1 aromatic heterocycles. The number of nitrogens with zero attached hydrogens (tertiary/aromatic N) is 4. The zero-order valence-electron chi connectivity index (χ0n) is 52.8. The number of primary amides is 1. The van der Waals surface area contributed by atoms with E-state index in [9.17, 15) is 47.1 Å². The van der Waals surface area contributed by atoms with Gasteiger partial charge in [-0.25, -0.2) is 23.4 Å². The fourth-order valence-electron chi connectivity index (χ4n) is 10.7. The Labute approximate surface area is 526 Å². The van der Waals surface area contributed by atoms with E-state index in [1.165, 1.54) is 0 Å². The van der Waals surface area contributed by atoms with Crippen LogP contribution in [0.25, 0.3) is 6.08 Å². The third-order valence-corrected chi connectivity index (χ3v) is 15.5. The number of ether oxygens (including phenoxy) is 1. The van der Waals surface area contributed by atoms with E-state index >= 15 is 0 Å². The minimum atomic E-state index is -3.53. The number of aliphatic imine (C=N–C) groups is 1. The predicted octanol–water partition coefficient (Wildman–Crippen LogP) is 9.71. The number of carbonyl (C=O) groups excluding carboxylic acids is 8. The number of nitrogens with two attached hydrogens (primary N) is 2. The van der Waals surface area contributed by atoms with Crippen molar-refractivity contribution in [2.75, 3.05) is 49.9 Å². The maximum atomic E-state index is 15.0. The van der Waals surface area contributed by atoms with Gasteiger partial charge in [-0.2, -0.15) is 0 Å². The van der Waals surface area contributed by atoms with Crippen LogP contribution in [-0.4, -0.2) is 119 Å². The lowest BCUT2D eigenvalue weighted by Gasteiger charge is -2.28. The number of aromatic nitrogens is 1. The van der Waals surface area contributed by atoms with Crippen molar-refractivity contribution in [2.45, 2.75) is 157 Å². The molecule has 0 radical (unpaired) electrons. The number of amidine groups is 1. The van der Waals surface area contributed by atoms with E-state index in [4.69, 9.17) is 16.2 Å². The van der Waals surface area contributed by atoms with Crippen LogP contribution >= 0.6 is 0 Å². The number of unbranched alkanes of at least 4 members (excludes halogenated alkanes) is 3. The summed E-state index contributed by atoms with van der Waals surface area (Å²) in [6.07, 6.45) is 10.5. The highest BCUT2D eigenvalue weighted by Gasteiger charge is 2.32. The van der Waals surface area contributed by atoms with Gasteiger partial charge in [-0.3, -0.25) is 38.7 Å². The molecule has 3 aromatic carbocycles. The highest BCUT2D eigenvalue weighted by molar-refractivity contribution is 6.08. The van der Waals surface area contributed by atoms with Gasteiger partial charge < -0.3 is 53.0 Å². The van der Waals surface area contributed by atoms with Crippen LogP contribution in [0.15, 0.2) is 89.6 Å². The fourth-order valence-corrected chi connectivity index (χ4v) is 10.7. The quantitative estimate of drug-likeness (QED) is 0.0203. The zero-order chi connectivity index (χ0) is 65.3. The topological polar surface area (TPSA) is 302 Å². The minimum Gasteiger partial charge on any atom is -0.445 e. The van der Waals surface area contributed by atoms with Crippen molar-refractivity contribution in [3.05, 3.63) is 124 Å². The second-order valence-electron chi connectivity index (χ2n) is 24.0. The van der Waals surface area contributed by atoms with E-state index in [1.807, 2.05) is 44.0 Å². The van der Waals surface area contributed by atoms with Gasteiger partial charge in [0.25, 0.3) is 17.7 Å². The Hall–Kier alpha value is -8.60. The van der Waals surface area contributed by atoms with Crippen LogP contribution in [0, 0.1) is 17.8 Å². The molecule has 0 unspecified atom stereocenters. The molecule has 2 aliphatic rings. The number of carbonyl (C=O) groups is 8. The van der Waals surface area contributed by atoms with Crippen molar-refractivity contribution < 1.29 is 51.9 Å². The first-order valence-corrected chi connectivity index (χ1v) is 31.4. The van der Waals surface area contributed by atoms with Gasteiger partial charge in [0.05, 0.1) is 36.7 Å². The Bertz CT molecular complexity index is 3180. The van der Waals surface area contributed by atoms with E-state index in [-0.39, 0.29) is 73.2 Å². The molecule has 23 heteroatoms. The fraction of sp³-hybridized carbons (Fsp3) is 0.493. The van der Waals surface area contributed by atoms with Crippen LogP contribution in [-0.2, 0) is 50.0 Å². The first-order chi connectivity index (χ1) is 43.0. The first kappa shape index (κ1) is 70.5. The number of alkyl carbamates (subject to hydrolysis) is 1. The van der Waals surface area contributed by atoms with Crippen LogP contribution in [0.5, 0.6) is 0 Å². The van der Waals surface area contributed by atoms with Gasteiger partial charge in [0.1, 0.15) is 12.4 Å². The van der Waals surface area contributed by atoms with Crippen molar-refractivity contribution in [2.24, 2.45) is 34.2 Å². The van der Waals surface area contributed by atoms with Crippen LogP contribution in [0.3, 0.4) is 0 Å². The summed E-state index contributed by atoms with van der Waals surface area (Å²) in [4.78, 5) is 117. The molecule has 8 amide bonds. The van der Waals surface area contributed by atoms with Crippen molar-refractivity contribution >= 4 is 76.4 Å². The number of hydrogen-bond acceptors (Lipinski definition) is 13. The molecule has 0 saturated heterocycles. The van der Waals surface area contributed by atoms with Gasteiger partial charge in [0.2, 0.25) is 17.7 Å². The van der Waals surface area contributed by atoms with E-state index in [0.717, 1.165) is 55.3 Å². The normalized spacial score (nSPS) is 13.7. The van der Waals surface area contributed by atoms with E-state index < -0.39 is 54.9 Å². The second-order valence-corrected chi connectivity index (χ2v) is 24.0. The molecule has 90 heavy (non-hydrogen) atoms. The Morgan fingerprint density at radius 1 is 0.767 bits per heavy atom. The van der Waals surface area contributed by atoms with Crippen LogP contribution in [0.4, 0.5) is 35.4 Å². The molecule has 4 aromatic rings. The summed E-state index contributed by atoms with van der Waals surface area (Å²) in [6.45, 7) is 12.8. The highest BCUT2D eigenvalue weighted by Crippen LogP contribution is 2.30. The lowest BCUT2D eigenvalue weighted by molar-refractivity contribution is -0.131. The van der Waals surface area contributed by atoms with Crippen molar-refractivity contribution in [3.8, 4) is 0 Å². The standard InChI is InChI=1S/C67H90F2N12O9/c1-7-29-81(30-8-2)64(87)51-32-48-23-24-50(34-56(48)78-58(70)36-51)63(86)77-54-33-52-39-80(31-27-55(52)73-37-54)38-45-17-21-47(22-18-45)61(84)74-41-67(68,69)42-75-66(89)90-40-46-19-25-53(26-20-46)76-62(85)49(15-13-28-72-65(71)88)35-57(82)60(44(5)6)79-59(83)16-12-10-9-11-14-43(3)4/h17-26,32-34,37,43-44,49,60H,7-16,27-31,35-36,38-42H2,1-6H3,(H2,70,78)(H,74,84)(H,75,89)(H,76,85)(H,77,86)(H,79,83)(H3,71,72,88)/t49-,60+/m1/s1. The molecule has 486 valence electrons. The lowest BCUT2D eigenvalue weighted by Crippen LogP contribution is -2.45. The molecule has 21 nitrogen and oxygen atoms in total. The smallest absolute Gasteiger partial charge is 0.407 e. The Kier molecular flexibility index (Phi) is 27.4. The Morgan fingerprint density at radius 3 is 2.14 bits per heavy atom. The molecular weight excluding hydrogens is 1150 g/mol. The lowest BCUT2D eigenvalue weighted by atomic mass is 9.89. The summed E-state index contributed by atoms with van der Waals surface area (Å²) in [6, 6.07) is 18.3. The van der Waals surface area contributed by atoms with E-state index in [1.54, 1.807) is 79.0 Å². The molecule has 0 saturated carbocycles. The van der Waals surface area contributed by atoms with Gasteiger partial charge in [-0.15, -0.1) is 0 Å². The summed E-state index contributed by atoms with van der Waals surface area (Å²) in [5, 5.41) is 15.4. The van der Waals surface area contributed by atoms with Crippen molar-refractivity contribution in [1.82, 2.24) is 36.1 Å². The molecule has 0 bridgehead atoms. The van der Waals surface area contributed by atoms with Gasteiger partial charge in [0, 0.05) is 105 Å². The number of amides is 8. The molecule has 2 atom stereocenters.